The molecule has 0 radical (unpaired) electrons. The second kappa shape index (κ2) is 16.0. The number of hydrogen-bond acceptors (Lipinski definition) is 9. The van der Waals surface area contributed by atoms with Crippen LogP contribution in [0.25, 0.3) is 0 Å². The number of rotatable bonds is 14. The molecule has 3 aromatic rings. The summed E-state index contributed by atoms with van der Waals surface area (Å²) in [7, 11) is -7.65. The molecule has 2 N–H and O–H groups in total. The van der Waals surface area contributed by atoms with E-state index in [2.05, 4.69) is 46.5 Å². The molecule has 0 aliphatic carbocycles. The number of carboxylic acid groups (broad SMARTS) is 1. The molecule has 3 aromatic heterocycles. The third-order valence-electron chi connectivity index (χ3n) is 8.87. The molecule has 47 heavy (non-hydrogen) atoms. The van der Waals surface area contributed by atoms with Gasteiger partial charge in [-0.2, -0.15) is 9.03 Å². The number of hydrogen-bond donors (Lipinski definition) is 2. The summed E-state index contributed by atoms with van der Waals surface area (Å²) in [6, 6.07) is 4.86. The van der Waals surface area contributed by atoms with Gasteiger partial charge in [0.2, 0.25) is 10.0 Å². The fraction of sp³-hybridized carbons (Fsp3) is 0.533. The molecule has 0 spiro atoms. The number of nitrogens with zero attached hydrogens (tertiary/aromatic N) is 3. The highest BCUT2D eigenvalue weighted by atomic mass is 79.9. The number of aliphatic carboxylic acids is 1. The van der Waals surface area contributed by atoms with Gasteiger partial charge in [-0.15, -0.1) is 11.3 Å². The molecule has 11 nitrogen and oxygen atoms in total. The second-order valence-corrected chi connectivity index (χ2v) is 19.3. The van der Waals surface area contributed by atoms with Crippen molar-refractivity contribution >= 4 is 86.6 Å². The Morgan fingerprint density at radius 3 is 2.21 bits per heavy atom. The van der Waals surface area contributed by atoms with Gasteiger partial charge in [0.25, 0.3) is 10.0 Å². The lowest BCUT2D eigenvalue weighted by atomic mass is 9.88. The standard InChI is InChI=1S/C30H37Br2ClN4O7S3/c31-24-18-27(45-28(24)33)47(42,43)37-13-9-21(10-14-37)5-2-1-4-20-7-11-36(12-8-20)29-25(32)17-23(19-34-29)46(40,41)35-26(30(38)39)16-22-6-3-15-44-22/h3,6,15,17-21,26,35H,1-2,4-5,7-14,16H2,(H,38,39). The Kier molecular flexibility index (Phi) is 12.5. The molecule has 0 amide bonds. The number of pyridine rings is 1. The first-order chi connectivity index (χ1) is 22.3. The van der Waals surface area contributed by atoms with Gasteiger partial charge in [0.05, 0.1) is 10.7 Å². The van der Waals surface area contributed by atoms with E-state index in [1.807, 2.05) is 0 Å². The maximum atomic E-state index is 13.0. The summed E-state index contributed by atoms with van der Waals surface area (Å²) in [4.78, 5) is 18.2. The number of sulfonamides is 2. The Hall–Kier alpha value is -1.53. The first-order valence-electron chi connectivity index (χ1n) is 15.5. The minimum absolute atomic E-state index is 0.123. The molecule has 2 saturated heterocycles. The Morgan fingerprint density at radius 1 is 1.04 bits per heavy atom. The fourth-order valence-corrected chi connectivity index (χ4v) is 12.0. The minimum Gasteiger partial charge on any atom is -0.480 e. The number of halogens is 3. The van der Waals surface area contributed by atoms with E-state index in [1.54, 1.807) is 22.5 Å². The Balaban J connectivity index is 1.03. The van der Waals surface area contributed by atoms with E-state index in [9.17, 15) is 26.7 Å². The molecule has 2 aliphatic heterocycles. The van der Waals surface area contributed by atoms with Crippen LogP contribution in [-0.2, 0) is 31.3 Å². The van der Waals surface area contributed by atoms with E-state index >= 15 is 0 Å². The highest BCUT2D eigenvalue weighted by Crippen LogP contribution is 2.37. The smallest absolute Gasteiger partial charge is 0.322 e. The number of anilines is 1. The molecule has 17 heteroatoms. The van der Waals surface area contributed by atoms with Crippen molar-refractivity contribution in [3.8, 4) is 0 Å². The molecule has 5 rings (SSSR count). The van der Waals surface area contributed by atoms with Gasteiger partial charge in [-0.05, 0) is 93.6 Å². The lowest BCUT2D eigenvalue weighted by Gasteiger charge is -2.33. The Bertz CT molecular complexity index is 1720. The zero-order chi connectivity index (χ0) is 33.8. The zero-order valence-corrected chi connectivity index (χ0v) is 31.9. The molecule has 258 valence electrons. The van der Waals surface area contributed by atoms with Crippen LogP contribution in [-0.4, -0.2) is 69.4 Å². The van der Waals surface area contributed by atoms with E-state index in [0.29, 0.717) is 49.8 Å². The number of carbonyl (C=O) groups is 1. The predicted molar refractivity (Wildman–Crippen MR) is 188 cm³/mol. The van der Waals surface area contributed by atoms with Gasteiger partial charge >= 0.3 is 5.97 Å². The monoisotopic (exact) mass is 854 g/mol. The van der Waals surface area contributed by atoms with Gasteiger partial charge in [-0.1, -0.05) is 37.3 Å². The Labute approximate surface area is 301 Å². The van der Waals surface area contributed by atoms with Crippen molar-refractivity contribution in [2.24, 2.45) is 11.8 Å². The minimum atomic E-state index is -4.15. The molecule has 1 unspecified atom stereocenters. The quantitative estimate of drug-likeness (QED) is 0.168. The number of unbranched alkanes of at least 4 members (excludes halogenated alkanes) is 1. The van der Waals surface area contributed by atoms with Gasteiger partial charge < -0.3 is 14.4 Å². The van der Waals surface area contributed by atoms with E-state index < -0.39 is 32.1 Å². The maximum absolute atomic E-state index is 13.0. The highest BCUT2D eigenvalue weighted by molar-refractivity contribution is 9.11. The van der Waals surface area contributed by atoms with E-state index in [0.717, 1.165) is 75.8 Å². The maximum Gasteiger partial charge on any atom is 0.322 e. The lowest BCUT2D eigenvalue weighted by molar-refractivity contribution is -0.139. The molecule has 0 bridgehead atoms. The normalized spacial score (nSPS) is 18.1. The fourth-order valence-electron chi connectivity index (χ4n) is 6.18. The molecule has 2 fully saturated rings. The number of aromatic nitrogens is 1. The number of piperidine rings is 2. The largest absolute Gasteiger partial charge is 0.480 e. The van der Waals surface area contributed by atoms with E-state index in [4.69, 9.17) is 16.0 Å². The van der Waals surface area contributed by atoms with Crippen molar-refractivity contribution in [1.29, 1.82) is 0 Å². The van der Waals surface area contributed by atoms with Crippen LogP contribution in [0.4, 0.5) is 5.82 Å². The van der Waals surface area contributed by atoms with Gasteiger partial charge in [-0.3, -0.25) is 4.79 Å². The summed E-state index contributed by atoms with van der Waals surface area (Å²) in [6.45, 7) is 2.70. The predicted octanol–water partition coefficient (Wildman–Crippen LogP) is 6.77. The Morgan fingerprint density at radius 2 is 1.68 bits per heavy atom. The van der Waals surface area contributed by atoms with Crippen LogP contribution in [0.5, 0.6) is 0 Å². The lowest BCUT2D eigenvalue weighted by Crippen LogP contribution is -2.42. The summed E-state index contributed by atoms with van der Waals surface area (Å²) in [5.41, 5.74) is 0. The van der Waals surface area contributed by atoms with Crippen molar-refractivity contribution in [3.05, 3.63) is 55.8 Å². The van der Waals surface area contributed by atoms with Crippen molar-refractivity contribution in [2.45, 2.75) is 72.9 Å². The molecular formula is C30H37Br2ClN4O7S3. The van der Waals surface area contributed by atoms with Crippen molar-refractivity contribution < 1.29 is 31.2 Å². The summed E-state index contributed by atoms with van der Waals surface area (Å²) >= 11 is 13.9. The van der Waals surface area contributed by atoms with Crippen LogP contribution in [0.15, 0.2) is 59.2 Å². The zero-order valence-electron chi connectivity index (χ0n) is 25.5. The van der Waals surface area contributed by atoms with Gasteiger partial charge in [0.15, 0.2) is 0 Å². The summed E-state index contributed by atoms with van der Waals surface area (Å²) in [5, 5.41) is 9.55. The van der Waals surface area contributed by atoms with Gasteiger partial charge in [-0.25, -0.2) is 21.8 Å². The number of furan rings is 1. The van der Waals surface area contributed by atoms with Crippen LogP contribution in [0.1, 0.15) is 57.1 Å². The van der Waals surface area contributed by atoms with Crippen LogP contribution >= 0.6 is 54.8 Å². The van der Waals surface area contributed by atoms with Crippen LogP contribution in [0.3, 0.4) is 0 Å². The molecule has 2 aliphatic rings. The summed E-state index contributed by atoms with van der Waals surface area (Å²) in [5.74, 6) is 0.869. The van der Waals surface area contributed by atoms with Crippen molar-refractivity contribution in [1.82, 2.24) is 14.0 Å². The highest BCUT2D eigenvalue weighted by Gasteiger charge is 2.32. The van der Waals surface area contributed by atoms with Crippen LogP contribution < -0.4 is 9.62 Å². The molecule has 0 saturated carbocycles. The second-order valence-electron chi connectivity index (χ2n) is 12.0. The first-order valence-corrected chi connectivity index (χ1v) is 21.2. The summed E-state index contributed by atoms with van der Waals surface area (Å²) in [6.07, 6.45) is 10.9. The molecule has 1 atom stereocenters. The first kappa shape index (κ1) is 36.7. The molecule has 0 aromatic carbocycles. The number of carboxylic acids is 1. The summed E-state index contributed by atoms with van der Waals surface area (Å²) < 4.78 is 62.8. The van der Waals surface area contributed by atoms with Crippen LogP contribution in [0, 0.1) is 11.8 Å². The van der Waals surface area contributed by atoms with Crippen LogP contribution in [0.2, 0.25) is 4.34 Å². The number of nitrogens with one attached hydrogen (secondary N) is 1. The molecule has 5 heterocycles. The third kappa shape index (κ3) is 9.38. The number of thiophene rings is 1. The van der Waals surface area contributed by atoms with E-state index in [1.165, 1.54) is 18.5 Å². The van der Waals surface area contributed by atoms with Gasteiger partial charge in [0, 0.05) is 43.3 Å². The average molecular weight is 857 g/mol. The van der Waals surface area contributed by atoms with Crippen molar-refractivity contribution in [3.63, 3.8) is 0 Å². The third-order valence-corrected chi connectivity index (χ3v) is 15.7. The van der Waals surface area contributed by atoms with Gasteiger partial charge in [0.1, 0.15) is 31.1 Å². The SMILES string of the molecule is O=C(O)C(Cc1ccco1)NS(=O)(=O)c1cnc(N2CCC(CCCCC3CCN(S(=O)(=O)c4cc(Br)c(Cl)s4)CC3)CC2)c(Br)c1. The van der Waals surface area contributed by atoms with E-state index in [-0.39, 0.29) is 15.5 Å². The topological polar surface area (TPSA) is 150 Å². The molecular weight excluding hydrogens is 820 g/mol. The van der Waals surface area contributed by atoms with Crippen molar-refractivity contribution in [2.75, 3.05) is 31.1 Å². The average Bonchev–Trinajstić information content (AvgIpc) is 3.68.